The molecule has 1 aliphatic rings. The molecule has 3 N–H and O–H groups in total. The van der Waals surface area contributed by atoms with Crippen LogP contribution in [0, 0.1) is 5.92 Å². The zero-order chi connectivity index (χ0) is 30.9. The number of carbonyl (C=O) groups excluding carboxylic acids is 1. The van der Waals surface area contributed by atoms with Gasteiger partial charge in [0.1, 0.15) is 5.75 Å². The molecule has 1 fully saturated rings. The molecule has 4 atom stereocenters. The van der Waals surface area contributed by atoms with Gasteiger partial charge in [-0.25, -0.2) is 4.79 Å². The molecule has 1 aliphatic heterocycles. The number of rotatable bonds is 11. The highest BCUT2D eigenvalue weighted by molar-refractivity contribution is 7.99. The molecule has 0 aliphatic carbocycles. The first-order valence-electron chi connectivity index (χ1n) is 15.0. The highest BCUT2D eigenvalue weighted by Gasteiger charge is 2.38. The Balaban J connectivity index is 1.35. The van der Waals surface area contributed by atoms with Crippen molar-refractivity contribution in [3.05, 3.63) is 119 Å². The third-order valence-corrected chi connectivity index (χ3v) is 8.97. The number of nitrogens with one attached hydrogen (secondary N) is 2. The number of methoxy groups -OCH3 is 1. The Morgan fingerprint density at radius 1 is 0.864 bits per heavy atom. The highest BCUT2D eigenvalue weighted by Crippen LogP contribution is 2.44. The Labute approximate surface area is 263 Å². The van der Waals surface area contributed by atoms with E-state index in [-0.39, 0.29) is 30.8 Å². The van der Waals surface area contributed by atoms with Crippen LogP contribution in [0.3, 0.4) is 0 Å². The van der Waals surface area contributed by atoms with Gasteiger partial charge in [-0.15, -0.1) is 11.8 Å². The Hall–Kier alpha value is -3.82. The normalized spacial score (nSPS) is 19.7. The first-order valence-corrected chi connectivity index (χ1v) is 15.9. The van der Waals surface area contributed by atoms with Crippen LogP contribution in [0.5, 0.6) is 5.75 Å². The molecule has 0 radical (unpaired) electrons. The fourth-order valence-electron chi connectivity index (χ4n) is 5.32. The lowest BCUT2D eigenvalue weighted by molar-refractivity contribution is -0.268. The number of hydrogen-bond donors (Lipinski definition) is 3. The minimum absolute atomic E-state index is 0.00518. The summed E-state index contributed by atoms with van der Waals surface area (Å²) in [5.74, 6) is 1.68. The number of urea groups is 1. The van der Waals surface area contributed by atoms with Gasteiger partial charge in [-0.05, 0) is 52.9 Å². The summed E-state index contributed by atoms with van der Waals surface area (Å²) in [5.41, 5.74) is 6.03. The number of benzene rings is 4. The van der Waals surface area contributed by atoms with Crippen molar-refractivity contribution in [2.45, 2.75) is 50.4 Å². The van der Waals surface area contributed by atoms with E-state index >= 15 is 0 Å². The molecule has 230 valence electrons. The molecule has 1 heterocycles. The number of hydrogen-bond acceptors (Lipinski definition) is 6. The molecule has 8 heteroatoms. The SMILES string of the molecule is CCNC(=O)NCc1cccc(-c2ccc(C3OC(CSc4ccccc4OC)C(C)C(c4ccc(CO)cc4)O3)cc2)c1. The number of carbonyl (C=O) groups is 1. The first kappa shape index (κ1) is 31.6. The Bertz CT molecular complexity index is 1510. The first-order chi connectivity index (χ1) is 21.5. The van der Waals surface area contributed by atoms with Crippen LogP contribution in [0.25, 0.3) is 11.1 Å². The number of aliphatic hydroxyl groups excluding tert-OH is 1. The van der Waals surface area contributed by atoms with E-state index in [0.29, 0.717) is 13.1 Å². The molecule has 0 bridgehead atoms. The van der Waals surface area contributed by atoms with Gasteiger partial charge >= 0.3 is 6.03 Å². The molecule has 0 saturated carbocycles. The van der Waals surface area contributed by atoms with Crippen molar-refractivity contribution in [2.24, 2.45) is 5.92 Å². The zero-order valence-corrected chi connectivity index (χ0v) is 26.2. The Morgan fingerprint density at radius 2 is 1.61 bits per heavy atom. The van der Waals surface area contributed by atoms with Crippen LogP contribution in [-0.4, -0.2) is 36.6 Å². The quantitative estimate of drug-likeness (QED) is 0.155. The van der Waals surface area contributed by atoms with E-state index in [1.165, 1.54) is 0 Å². The number of ether oxygens (including phenoxy) is 3. The molecule has 0 spiro atoms. The number of amides is 2. The van der Waals surface area contributed by atoms with Crippen molar-refractivity contribution in [1.29, 1.82) is 0 Å². The third kappa shape index (κ3) is 7.81. The Morgan fingerprint density at radius 3 is 2.34 bits per heavy atom. The van der Waals surface area contributed by atoms with Crippen molar-refractivity contribution in [1.82, 2.24) is 10.6 Å². The topological polar surface area (TPSA) is 89.1 Å². The molecule has 4 aromatic carbocycles. The maximum atomic E-state index is 11.8. The average molecular weight is 613 g/mol. The van der Waals surface area contributed by atoms with Gasteiger partial charge < -0.3 is 30.0 Å². The van der Waals surface area contributed by atoms with Crippen molar-refractivity contribution < 1.29 is 24.1 Å². The fraction of sp³-hybridized carbons (Fsp3) is 0.306. The van der Waals surface area contributed by atoms with E-state index in [0.717, 1.165) is 49.8 Å². The number of aliphatic hydroxyl groups is 1. The highest BCUT2D eigenvalue weighted by atomic mass is 32.2. The largest absolute Gasteiger partial charge is 0.496 e. The van der Waals surface area contributed by atoms with Gasteiger partial charge in [-0.3, -0.25) is 0 Å². The maximum absolute atomic E-state index is 11.8. The van der Waals surface area contributed by atoms with E-state index < -0.39 is 6.29 Å². The second-order valence-electron chi connectivity index (χ2n) is 10.8. The van der Waals surface area contributed by atoms with Gasteiger partial charge in [0, 0.05) is 35.2 Å². The standard InChI is InChI=1S/C36H40N2O5S/c1-4-37-36(40)38-21-26-8-7-9-30(20-26)27-16-18-29(19-17-27)35-42-32(23-44-33-11-6-5-10-31(33)41-3)24(2)34(43-35)28-14-12-25(22-39)13-15-28/h5-20,24,32,34-35,39H,4,21-23H2,1-3H3,(H2,37,38,40). The van der Waals surface area contributed by atoms with Crippen LogP contribution in [0.4, 0.5) is 4.79 Å². The van der Waals surface area contributed by atoms with Crippen LogP contribution < -0.4 is 15.4 Å². The van der Waals surface area contributed by atoms with Crippen LogP contribution in [0.15, 0.2) is 102 Å². The monoisotopic (exact) mass is 612 g/mol. The summed E-state index contributed by atoms with van der Waals surface area (Å²) < 4.78 is 18.9. The summed E-state index contributed by atoms with van der Waals surface area (Å²) in [6.07, 6.45) is -0.808. The van der Waals surface area contributed by atoms with Gasteiger partial charge in [0.25, 0.3) is 0 Å². The summed E-state index contributed by atoms with van der Waals surface area (Å²) in [5, 5.41) is 15.2. The summed E-state index contributed by atoms with van der Waals surface area (Å²) in [4.78, 5) is 12.9. The molecule has 4 aromatic rings. The summed E-state index contributed by atoms with van der Waals surface area (Å²) in [7, 11) is 1.69. The molecular weight excluding hydrogens is 572 g/mol. The Kier molecular flexibility index (Phi) is 11.0. The smallest absolute Gasteiger partial charge is 0.315 e. The van der Waals surface area contributed by atoms with Crippen LogP contribution >= 0.6 is 11.8 Å². The van der Waals surface area contributed by atoms with E-state index in [1.54, 1.807) is 18.9 Å². The molecule has 5 rings (SSSR count). The van der Waals surface area contributed by atoms with Crippen molar-refractivity contribution in [3.8, 4) is 16.9 Å². The number of thioether (sulfide) groups is 1. The van der Waals surface area contributed by atoms with Crippen LogP contribution in [-0.2, 0) is 22.6 Å². The van der Waals surface area contributed by atoms with E-state index in [1.807, 2.05) is 61.5 Å². The van der Waals surface area contributed by atoms with Gasteiger partial charge in [-0.2, -0.15) is 0 Å². The lowest BCUT2D eigenvalue weighted by Crippen LogP contribution is -2.38. The average Bonchev–Trinajstić information content (AvgIpc) is 3.07. The zero-order valence-electron chi connectivity index (χ0n) is 25.4. The lowest BCUT2D eigenvalue weighted by Gasteiger charge is -2.41. The molecular formula is C36H40N2O5S. The molecule has 2 amide bonds. The summed E-state index contributed by atoms with van der Waals surface area (Å²) in [6.45, 7) is 5.11. The second kappa shape index (κ2) is 15.3. The van der Waals surface area contributed by atoms with Gasteiger partial charge in [0.05, 0.1) is 25.9 Å². The van der Waals surface area contributed by atoms with Crippen molar-refractivity contribution in [3.63, 3.8) is 0 Å². The molecule has 7 nitrogen and oxygen atoms in total. The van der Waals surface area contributed by atoms with Crippen molar-refractivity contribution in [2.75, 3.05) is 19.4 Å². The molecule has 44 heavy (non-hydrogen) atoms. The minimum atomic E-state index is -0.543. The second-order valence-corrected chi connectivity index (χ2v) is 11.9. The van der Waals surface area contributed by atoms with Gasteiger partial charge in [0.15, 0.2) is 6.29 Å². The summed E-state index contributed by atoms with van der Waals surface area (Å²) in [6, 6.07) is 32.3. The van der Waals surface area contributed by atoms with Gasteiger partial charge in [0.2, 0.25) is 0 Å². The number of para-hydroxylation sites is 1. The van der Waals surface area contributed by atoms with E-state index in [4.69, 9.17) is 14.2 Å². The maximum Gasteiger partial charge on any atom is 0.315 e. The van der Waals surface area contributed by atoms with E-state index in [2.05, 4.69) is 60.0 Å². The van der Waals surface area contributed by atoms with Gasteiger partial charge in [-0.1, -0.05) is 85.8 Å². The van der Waals surface area contributed by atoms with E-state index in [9.17, 15) is 9.90 Å². The molecule has 0 aromatic heterocycles. The third-order valence-electron chi connectivity index (χ3n) is 7.83. The predicted molar refractivity (Wildman–Crippen MR) is 174 cm³/mol. The van der Waals surface area contributed by atoms with Crippen LogP contribution in [0.1, 0.15) is 48.5 Å². The molecule has 1 saturated heterocycles. The predicted octanol–water partition coefficient (Wildman–Crippen LogP) is 7.26. The summed E-state index contributed by atoms with van der Waals surface area (Å²) >= 11 is 1.72. The van der Waals surface area contributed by atoms with Crippen LogP contribution in [0.2, 0.25) is 0 Å². The van der Waals surface area contributed by atoms with Crippen molar-refractivity contribution >= 4 is 17.8 Å². The fourth-order valence-corrected chi connectivity index (χ4v) is 6.51. The molecule has 4 unspecified atom stereocenters. The lowest BCUT2D eigenvalue weighted by atomic mass is 9.91. The minimum Gasteiger partial charge on any atom is -0.496 e.